The molecule has 0 radical (unpaired) electrons. The standard InChI is InChI=1S/C13H14N.3C4H9.Sn/c1-11-7-6-10-14(11)12(2)13-8-4-3-5-9-13;3*1-3-4-2;/h1,3-6,8-10,12H,7H2,2H3;3*1,3-4H2,2H3;. The van der Waals surface area contributed by atoms with Gasteiger partial charge in [-0.1, -0.05) is 0 Å². The second-order valence-electron chi connectivity index (χ2n) is 8.39. The summed E-state index contributed by atoms with van der Waals surface area (Å²) in [7, 11) is 0. The van der Waals surface area contributed by atoms with Crippen molar-refractivity contribution in [3.05, 3.63) is 58.0 Å². The first-order valence-electron chi connectivity index (χ1n) is 11.4. The molecule has 1 aliphatic heterocycles. The predicted octanol–water partition coefficient (Wildman–Crippen LogP) is 8.24. The third-order valence-corrected chi connectivity index (χ3v) is 20.4. The predicted molar refractivity (Wildman–Crippen MR) is 123 cm³/mol. The molecule has 0 spiro atoms. The maximum atomic E-state index is 2.91. The van der Waals surface area contributed by atoms with Gasteiger partial charge >= 0.3 is 173 Å². The monoisotopic (exact) mass is 475 g/mol. The molecule has 1 aromatic carbocycles. The molecule has 0 bridgehead atoms. The molecule has 150 valence electrons. The van der Waals surface area contributed by atoms with Gasteiger partial charge in [0.25, 0.3) is 0 Å². The van der Waals surface area contributed by atoms with Gasteiger partial charge in [-0.15, -0.1) is 0 Å². The van der Waals surface area contributed by atoms with Gasteiger partial charge in [-0.2, -0.15) is 0 Å². The van der Waals surface area contributed by atoms with Crippen LogP contribution >= 0.6 is 0 Å². The van der Waals surface area contributed by atoms with Crippen molar-refractivity contribution in [3.63, 3.8) is 0 Å². The summed E-state index contributed by atoms with van der Waals surface area (Å²) in [4.78, 5) is 2.57. The van der Waals surface area contributed by atoms with Gasteiger partial charge in [-0.05, 0) is 0 Å². The summed E-state index contributed by atoms with van der Waals surface area (Å²) in [6, 6.07) is 11.4. The first kappa shape index (κ1) is 22.6. The quantitative estimate of drug-likeness (QED) is 0.276. The van der Waals surface area contributed by atoms with E-state index in [1.807, 2.05) is 0 Å². The van der Waals surface area contributed by atoms with Crippen molar-refractivity contribution < 1.29 is 0 Å². The molecule has 0 amide bonds. The SMILES string of the molecule is CCC[CH2][Sn](/[CH]=C1\CC=CN1C(C)c1ccccc1)([CH2]CCC)[CH2]CCC. The van der Waals surface area contributed by atoms with Crippen LogP contribution in [0.3, 0.4) is 0 Å². The summed E-state index contributed by atoms with van der Waals surface area (Å²) >= 11 is -2.25. The molecule has 1 heterocycles. The molecular weight excluding hydrogens is 433 g/mol. The van der Waals surface area contributed by atoms with Crippen LogP contribution in [0.4, 0.5) is 0 Å². The summed E-state index contributed by atoms with van der Waals surface area (Å²) < 4.78 is 7.59. The third-order valence-electron chi connectivity index (χ3n) is 6.18. The van der Waals surface area contributed by atoms with Crippen LogP contribution in [0.15, 0.2) is 52.4 Å². The summed E-state index contributed by atoms with van der Waals surface area (Å²) in [6.45, 7) is 9.46. The summed E-state index contributed by atoms with van der Waals surface area (Å²) in [5, 5.41) is 0. The zero-order valence-electron chi connectivity index (χ0n) is 18.2. The number of nitrogens with zero attached hydrogens (tertiary/aromatic N) is 1. The fourth-order valence-corrected chi connectivity index (χ4v) is 19.6. The number of allylic oxidation sites excluding steroid dienone is 1. The van der Waals surface area contributed by atoms with Gasteiger partial charge in [0.05, 0.1) is 0 Å². The minimum absolute atomic E-state index is 0.434. The van der Waals surface area contributed by atoms with Crippen molar-refractivity contribution in [3.8, 4) is 0 Å². The van der Waals surface area contributed by atoms with E-state index < -0.39 is 18.4 Å². The Morgan fingerprint density at radius 2 is 1.48 bits per heavy atom. The zero-order chi connectivity index (χ0) is 19.5. The van der Waals surface area contributed by atoms with E-state index in [1.165, 1.54) is 44.1 Å². The van der Waals surface area contributed by atoms with Crippen LogP contribution in [-0.2, 0) is 0 Å². The summed E-state index contributed by atoms with van der Waals surface area (Å²) in [5.41, 5.74) is 3.04. The van der Waals surface area contributed by atoms with Crippen molar-refractivity contribution in [2.45, 2.75) is 92.0 Å². The Kier molecular flexibility index (Phi) is 10.0. The maximum absolute atomic E-state index is 2.91. The molecule has 0 fully saturated rings. The molecule has 0 aromatic heterocycles. The number of benzene rings is 1. The molecular formula is C25H41NSn. The van der Waals surface area contributed by atoms with E-state index >= 15 is 0 Å². The van der Waals surface area contributed by atoms with Crippen LogP contribution in [0, 0.1) is 0 Å². The van der Waals surface area contributed by atoms with E-state index in [-0.39, 0.29) is 0 Å². The van der Waals surface area contributed by atoms with Crippen LogP contribution in [0.25, 0.3) is 0 Å². The molecule has 1 nitrogen and oxygen atoms in total. The summed E-state index contributed by atoms with van der Waals surface area (Å²) in [6.07, 6.45) is 14.2. The van der Waals surface area contributed by atoms with Crippen molar-refractivity contribution in [1.82, 2.24) is 4.90 Å². The minimum atomic E-state index is -2.25. The van der Waals surface area contributed by atoms with Gasteiger partial charge in [0.1, 0.15) is 0 Å². The fourth-order valence-electron chi connectivity index (χ4n) is 4.42. The molecule has 2 rings (SSSR count). The Bertz CT molecular complexity index is 568. The fraction of sp³-hybridized carbons (Fsp3) is 0.600. The van der Waals surface area contributed by atoms with Crippen LogP contribution in [0.1, 0.15) is 84.2 Å². The van der Waals surface area contributed by atoms with Crippen LogP contribution in [0.5, 0.6) is 0 Å². The number of rotatable bonds is 12. The van der Waals surface area contributed by atoms with E-state index in [4.69, 9.17) is 0 Å². The Balaban J connectivity index is 2.28. The Labute approximate surface area is 172 Å². The third kappa shape index (κ3) is 6.69. The first-order chi connectivity index (χ1) is 13.2. The second-order valence-corrected chi connectivity index (χ2v) is 21.3. The topological polar surface area (TPSA) is 3.24 Å². The van der Waals surface area contributed by atoms with Gasteiger partial charge < -0.3 is 0 Å². The van der Waals surface area contributed by atoms with Crippen molar-refractivity contribution in [1.29, 1.82) is 0 Å². The molecule has 1 unspecified atom stereocenters. The molecule has 0 saturated carbocycles. The average molecular weight is 474 g/mol. The zero-order valence-corrected chi connectivity index (χ0v) is 21.1. The van der Waals surface area contributed by atoms with Crippen LogP contribution < -0.4 is 0 Å². The van der Waals surface area contributed by atoms with E-state index in [0.29, 0.717) is 6.04 Å². The molecule has 0 N–H and O–H groups in total. The van der Waals surface area contributed by atoms with E-state index in [1.54, 1.807) is 19.0 Å². The Morgan fingerprint density at radius 1 is 0.926 bits per heavy atom. The Morgan fingerprint density at radius 3 is 2.00 bits per heavy atom. The van der Waals surface area contributed by atoms with Gasteiger partial charge in [-0.3, -0.25) is 0 Å². The average Bonchev–Trinajstić information content (AvgIpc) is 3.16. The normalized spacial score (nSPS) is 17.0. The number of unbranched alkanes of at least 4 members (excludes halogenated alkanes) is 3. The molecule has 0 saturated heterocycles. The van der Waals surface area contributed by atoms with Crippen LogP contribution in [-0.4, -0.2) is 23.3 Å². The van der Waals surface area contributed by atoms with E-state index in [2.05, 4.69) is 79.3 Å². The molecule has 1 aliphatic rings. The molecule has 1 atom stereocenters. The summed E-state index contributed by atoms with van der Waals surface area (Å²) in [5.74, 6) is 0. The van der Waals surface area contributed by atoms with Gasteiger partial charge in [0, 0.05) is 0 Å². The number of hydrogen-bond acceptors (Lipinski definition) is 1. The van der Waals surface area contributed by atoms with Gasteiger partial charge in [0.15, 0.2) is 0 Å². The number of hydrogen-bond donors (Lipinski definition) is 0. The first-order valence-corrected chi connectivity index (χ1v) is 19.1. The van der Waals surface area contributed by atoms with Gasteiger partial charge in [-0.25, -0.2) is 0 Å². The van der Waals surface area contributed by atoms with Gasteiger partial charge in [0.2, 0.25) is 0 Å². The van der Waals surface area contributed by atoms with Crippen molar-refractivity contribution in [2.24, 2.45) is 0 Å². The second kappa shape index (κ2) is 12.0. The molecule has 2 heteroatoms. The van der Waals surface area contributed by atoms with E-state index in [9.17, 15) is 0 Å². The molecule has 0 aliphatic carbocycles. The Hall–Kier alpha value is -0.701. The molecule has 1 aromatic rings. The van der Waals surface area contributed by atoms with Crippen LogP contribution in [0.2, 0.25) is 13.3 Å². The van der Waals surface area contributed by atoms with Crippen molar-refractivity contribution in [2.75, 3.05) is 0 Å². The molecule has 27 heavy (non-hydrogen) atoms. The van der Waals surface area contributed by atoms with E-state index in [0.717, 1.165) is 6.42 Å². The van der Waals surface area contributed by atoms with Crippen molar-refractivity contribution >= 4 is 18.4 Å².